The van der Waals surface area contributed by atoms with Crippen molar-refractivity contribution >= 4 is 23.4 Å². The summed E-state index contributed by atoms with van der Waals surface area (Å²) in [5.74, 6) is -1.29. The molecule has 0 bridgehead atoms. The molecule has 21 heavy (non-hydrogen) atoms. The highest BCUT2D eigenvalue weighted by molar-refractivity contribution is 7.08. The van der Waals surface area contributed by atoms with Crippen LogP contribution in [0.15, 0.2) is 0 Å². The van der Waals surface area contributed by atoms with E-state index in [0.29, 0.717) is 23.5 Å². The average molecular weight is 311 g/mol. The van der Waals surface area contributed by atoms with E-state index in [1.54, 1.807) is 0 Å². The second-order valence-corrected chi connectivity index (χ2v) is 7.30. The molecule has 1 fully saturated rings. The van der Waals surface area contributed by atoms with Crippen LogP contribution < -0.4 is 5.32 Å². The third-order valence-corrected chi connectivity index (χ3v) is 4.63. The summed E-state index contributed by atoms with van der Waals surface area (Å²) in [6.07, 6.45) is 2.46. The summed E-state index contributed by atoms with van der Waals surface area (Å²) in [6, 6.07) is 0. The Balaban J connectivity index is 2.00. The second kappa shape index (κ2) is 6.09. The molecule has 0 spiro atoms. The van der Waals surface area contributed by atoms with Crippen LogP contribution in [0, 0.1) is 11.8 Å². The van der Waals surface area contributed by atoms with Gasteiger partial charge in [0.15, 0.2) is 0 Å². The predicted molar refractivity (Wildman–Crippen MR) is 79.4 cm³/mol. The molecule has 1 aromatic heterocycles. The molecule has 1 heterocycles. The normalized spacial score (nSPS) is 22.2. The fraction of sp³-hybridized carbons (Fsp3) is 0.714. The van der Waals surface area contributed by atoms with E-state index in [0.717, 1.165) is 24.4 Å². The fourth-order valence-corrected chi connectivity index (χ4v) is 3.53. The average Bonchev–Trinajstić information content (AvgIpc) is 3.03. The van der Waals surface area contributed by atoms with Crippen molar-refractivity contribution in [3.63, 3.8) is 0 Å². The van der Waals surface area contributed by atoms with Gasteiger partial charge in [0, 0.05) is 12.0 Å². The highest BCUT2D eigenvalue weighted by Gasteiger charge is 2.33. The lowest BCUT2D eigenvalue weighted by Gasteiger charge is -2.18. The second-order valence-electron chi connectivity index (χ2n) is 6.55. The highest BCUT2D eigenvalue weighted by Crippen LogP contribution is 2.31. The minimum Gasteiger partial charge on any atom is -0.481 e. The first-order valence-electron chi connectivity index (χ1n) is 7.14. The number of amides is 1. The molecule has 6 nitrogen and oxygen atoms in total. The molecule has 0 aromatic carbocycles. The molecular formula is C14H21N3O3S. The molecule has 0 saturated heterocycles. The third kappa shape index (κ3) is 3.58. The summed E-state index contributed by atoms with van der Waals surface area (Å²) in [5.41, 5.74) is 0.447. The number of carboxylic acid groups (broad SMARTS) is 1. The molecule has 1 aliphatic carbocycles. The van der Waals surface area contributed by atoms with Gasteiger partial charge in [-0.15, -0.1) is 5.10 Å². The number of carbonyl (C=O) groups is 2. The van der Waals surface area contributed by atoms with Gasteiger partial charge in [0.25, 0.3) is 5.91 Å². The minimum atomic E-state index is -0.762. The van der Waals surface area contributed by atoms with Gasteiger partial charge in [-0.25, -0.2) is 0 Å². The van der Waals surface area contributed by atoms with Crippen LogP contribution in [0.4, 0.5) is 0 Å². The van der Waals surface area contributed by atoms with Crippen LogP contribution in [0.2, 0.25) is 0 Å². The first-order chi connectivity index (χ1) is 9.80. The molecule has 1 amide bonds. The maximum absolute atomic E-state index is 12.3. The van der Waals surface area contributed by atoms with E-state index < -0.39 is 5.97 Å². The lowest BCUT2D eigenvalue weighted by molar-refractivity contribution is -0.142. The van der Waals surface area contributed by atoms with Gasteiger partial charge in [0.05, 0.1) is 11.6 Å². The van der Waals surface area contributed by atoms with Crippen molar-refractivity contribution in [2.75, 3.05) is 6.54 Å². The Kier molecular flexibility index (Phi) is 4.61. The van der Waals surface area contributed by atoms with Crippen molar-refractivity contribution in [1.29, 1.82) is 0 Å². The minimum absolute atomic E-state index is 0.0189. The van der Waals surface area contributed by atoms with E-state index >= 15 is 0 Å². The van der Waals surface area contributed by atoms with Crippen molar-refractivity contribution in [3.8, 4) is 0 Å². The number of aliphatic carboxylic acids is 1. The Hall–Kier alpha value is -1.50. The zero-order valence-corrected chi connectivity index (χ0v) is 13.4. The topological polar surface area (TPSA) is 92.2 Å². The fourth-order valence-electron chi connectivity index (χ4n) is 2.74. The van der Waals surface area contributed by atoms with E-state index in [-0.39, 0.29) is 23.2 Å². The summed E-state index contributed by atoms with van der Waals surface area (Å²) >= 11 is 1.08. The number of rotatable bonds is 4. The number of hydrogen-bond donors (Lipinski definition) is 2. The van der Waals surface area contributed by atoms with Crippen molar-refractivity contribution in [2.45, 2.75) is 45.4 Å². The Morgan fingerprint density at radius 1 is 1.38 bits per heavy atom. The predicted octanol–water partition coefficient (Wildman–Crippen LogP) is 2.07. The quantitative estimate of drug-likeness (QED) is 0.888. The number of hydrogen-bond acceptors (Lipinski definition) is 5. The molecule has 0 aliphatic heterocycles. The smallest absolute Gasteiger partial charge is 0.306 e. The van der Waals surface area contributed by atoms with Gasteiger partial charge in [-0.3, -0.25) is 9.59 Å². The van der Waals surface area contributed by atoms with Crippen LogP contribution in [0.25, 0.3) is 0 Å². The Bertz CT molecular complexity index is 536. The summed E-state index contributed by atoms with van der Waals surface area (Å²) in [5, 5.41) is 16.1. The molecule has 2 rings (SSSR count). The molecule has 1 saturated carbocycles. The number of aromatic nitrogens is 2. The van der Waals surface area contributed by atoms with Crippen LogP contribution in [-0.2, 0) is 10.2 Å². The summed E-state index contributed by atoms with van der Waals surface area (Å²) in [7, 11) is 0. The molecule has 7 heteroatoms. The SMILES string of the molecule is CC(C)(C)c1nnsc1C(=O)NCC1CCCC1C(=O)O. The van der Waals surface area contributed by atoms with Crippen LogP contribution >= 0.6 is 11.5 Å². The van der Waals surface area contributed by atoms with Gasteiger partial charge in [0.1, 0.15) is 4.88 Å². The molecule has 116 valence electrons. The maximum Gasteiger partial charge on any atom is 0.306 e. The first-order valence-corrected chi connectivity index (χ1v) is 7.92. The first kappa shape index (κ1) is 15.9. The van der Waals surface area contributed by atoms with Crippen LogP contribution in [0.5, 0.6) is 0 Å². The monoisotopic (exact) mass is 311 g/mol. The molecule has 2 N–H and O–H groups in total. The maximum atomic E-state index is 12.3. The summed E-state index contributed by atoms with van der Waals surface area (Å²) in [6.45, 7) is 6.35. The zero-order chi connectivity index (χ0) is 15.6. The number of nitrogens with one attached hydrogen (secondary N) is 1. The van der Waals surface area contributed by atoms with Crippen molar-refractivity contribution in [1.82, 2.24) is 14.9 Å². The van der Waals surface area contributed by atoms with E-state index in [1.165, 1.54) is 0 Å². The Morgan fingerprint density at radius 2 is 2.10 bits per heavy atom. The van der Waals surface area contributed by atoms with E-state index in [1.807, 2.05) is 20.8 Å². The van der Waals surface area contributed by atoms with Gasteiger partial charge in [-0.1, -0.05) is 31.7 Å². The Morgan fingerprint density at radius 3 is 2.71 bits per heavy atom. The lowest BCUT2D eigenvalue weighted by Crippen LogP contribution is -2.33. The van der Waals surface area contributed by atoms with Gasteiger partial charge >= 0.3 is 5.97 Å². The largest absolute Gasteiger partial charge is 0.481 e. The molecule has 2 unspecified atom stereocenters. The Labute approximate surface area is 128 Å². The highest BCUT2D eigenvalue weighted by atomic mass is 32.1. The van der Waals surface area contributed by atoms with E-state index in [9.17, 15) is 9.59 Å². The van der Waals surface area contributed by atoms with Crippen molar-refractivity contribution in [2.24, 2.45) is 11.8 Å². The van der Waals surface area contributed by atoms with Gasteiger partial charge in [-0.05, 0) is 30.3 Å². The summed E-state index contributed by atoms with van der Waals surface area (Å²) in [4.78, 5) is 23.9. The third-order valence-electron chi connectivity index (χ3n) is 3.91. The standard InChI is InChI=1S/C14H21N3O3S/c1-14(2,3)11-10(21-17-16-11)12(18)15-7-8-5-4-6-9(8)13(19)20/h8-9H,4-7H2,1-3H3,(H,15,18)(H,19,20). The number of carboxylic acids is 1. The van der Waals surface area contributed by atoms with Gasteiger partial charge in [0.2, 0.25) is 0 Å². The van der Waals surface area contributed by atoms with Gasteiger partial charge < -0.3 is 10.4 Å². The van der Waals surface area contributed by atoms with Crippen LogP contribution in [0.1, 0.15) is 55.4 Å². The number of carbonyl (C=O) groups excluding carboxylic acids is 1. The van der Waals surface area contributed by atoms with Gasteiger partial charge in [-0.2, -0.15) is 0 Å². The van der Waals surface area contributed by atoms with E-state index in [2.05, 4.69) is 14.9 Å². The van der Waals surface area contributed by atoms with Crippen molar-refractivity contribution < 1.29 is 14.7 Å². The van der Waals surface area contributed by atoms with Crippen molar-refractivity contribution in [3.05, 3.63) is 10.6 Å². The van der Waals surface area contributed by atoms with E-state index in [4.69, 9.17) is 5.11 Å². The lowest BCUT2D eigenvalue weighted by atomic mass is 9.91. The van der Waals surface area contributed by atoms with Crippen LogP contribution in [0.3, 0.4) is 0 Å². The molecular weight excluding hydrogens is 290 g/mol. The molecule has 1 aliphatic rings. The number of nitrogens with zero attached hydrogens (tertiary/aromatic N) is 2. The molecule has 2 atom stereocenters. The summed E-state index contributed by atoms with van der Waals surface area (Å²) < 4.78 is 3.87. The van der Waals surface area contributed by atoms with Crippen LogP contribution in [-0.4, -0.2) is 33.1 Å². The molecule has 1 aromatic rings. The molecule has 0 radical (unpaired) electrons. The zero-order valence-electron chi connectivity index (χ0n) is 12.5.